The summed E-state index contributed by atoms with van der Waals surface area (Å²) in [7, 11) is 0. The Hall–Kier alpha value is -1.02. The summed E-state index contributed by atoms with van der Waals surface area (Å²) in [5.41, 5.74) is 8.16. The van der Waals surface area contributed by atoms with Crippen LogP contribution in [0.25, 0.3) is 0 Å². The molecule has 1 aromatic carbocycles. The minimum atomic E-state index is 0.245. The van der Waals surface area contributed by atoms with Crippen molar-refractivity contribution < 1.29 is 4.74 Å². The summed E-state index contributed by atoms with van der Waals surface area (Å²) in [5.74, 6) is 0. The standard InChI is InChI=1S/C11H15NO/c1-2-11(7-13-8-11)9-4-3-5-10(12)6-9/h3-6H,2,7-8,12H2,1H3. The number of anilines is 1. The van der Waals surface area contributed by atoms with Crippen LogP contribution in [0.15, 0.2) is 24.3 Å². The fraction of sp³-hybridized carbons (Fsp3) is 0.455. The molecule has 0 atom stereocenters. The molecule has 70 valence electrons. The second-order valence-electron chi connectivity index (χ2n) is 3.75. The van der Waals surface area contributed by atoms with E-state index in [2.05, 4.69) is 19.1 Å². The molecule has 1 aromatic rings. The van der Waals surface area contributed by atoms with Gasteiger partial charge in [-0.05, 0) is 24.1 Å². The van der Waals surface area contributed by atoms with Gasteiger partial charge >= 0.3 is 0 Å². The first-order valence-corrected chi connectivity index (χ1v) is 4.71. The van der Waals surface area contributed by atoms with Gasteiger partial charge in [-0.25, -0.2) is 0 Å². The lowest BCUT2D eigenvalue weighted by atomic mass is 9.76. The molecule has 0 bridgehead atoms. The minimum Gasteiger partial charge on any atom is -0.399 e. The highest BCUT2D eigenvalue weighted by molar-refractivity contribution is 5.44. The summed E-state index contributed by atoms with van der Waals surface area (Å²) >= 11 is 0. The second-order valence-corrected chi connectivity index (χ2v) is 3.75. The molecular formula is C11H15NO. The molecule has 2 heteroatoms. The Kier molecular flexibility index (Phi) is 2.00. The molecule has 1 fully saturated rings. The number of nitrogens with two attached hydrogens (primary N) is 1. The van der Waals surface area contributed by atoms with E-state index in [1.807, 2.05) is 12.1 Å². The van der Waals surface area contributed by atoms with Gasteiger partial charge in [0.2, 0.25) is 0 Å². The summed E-state index contributed by atoms with van der Waals surface area (Å²) in [6.07, 6.45) is 1.12. The first-order valence-electron chi connectivity index (χ1n) is 4.71. The molecule has 1 saturated heterocycles. The molecule has 0 aromatic heterocycles. The Bertz CT molecular complexity index is 299. The van der Waals surface area contributed by atoms with Crippen LogP contribution in [0, 0.1) is 0 Å². The number of benzene rings is 1. The van der Waals surface area contributed by atoms with Crippen LogP contribution in [-0.4, -0.2) is 13.2 Å². The van der Waals surface area contributed by atoms with Crippen molar-refractivity contribution in [3.63, 3.8) is 0 Å². The monoisotopic (exact) mass is 177 g/mol. The molecule has 2 N–H and O–H groups in total. The summed E-state index contributed by atoms with van der Waals surface area (Å²) in [6.45, 7) is 3.88. The van der Waals surface area contributed by atoms with E-state index in [0.29, 0.717) is 0 Å². The largest absolute Gasteiger partial charge is 0.399 e. The predicted octanol–water partition coefficient (Wildman–Crippen LogP) is 1.95. The third kappa shape index (κ3) is 1.31. The molecule has 1 aliphatic rings. The fourth-order valence-electron chi connectivity index (χ4n) is 1.79. The summed E-state index contributed by atoms with van der Waals surface area (Å²) < 4.78 is 5.28. The number of nitrogen functional groups attached to an aromatic ring is 1. The Balaban J connectivity index is 2.33. The van der Waals surface area contributed by atoms with E-state index in [1.165, 1.54) is 5.56 Å². The molecule has 2 rings (SSSR count). The van der Waals surface area contributed by atoms with Gasteiger partial charge in [0.15, 0.2) is 0 Å². The number of rotatable bonds is 2. The van der Waals surface area contributed by atoms with Gasteiger partial charge in [-0.3, -0.25) is 0 Å². The molecular weight excluding hydrogens is 162 g/mol. The topological polar surface area (TPSA) is 35.2 Å². The van der Waals surface area contributed by atoms with Crippen molar-refractivity contribution in [2.24, 2.45) is 0 Å². The normalized spacial score (nSPS) is 19.5. The molecule has 0 unspecified atom stereocenters. The summed E-state index contributed by atoms with van der Waals surface area (Å²) in [6, 6.07) is 8.14. The highest BCUT2D eigenvalue weighted by Gasteiger charge is 2.38. The fourth-order valence-corrected chi connectivity index (χ4v) is 1.79. The second kappa shape index (κ2) is 3.04. The lowest BCUT2D eigenvalue weighted by molar-refractivity contribution is -0.0619. The van der Waals surface area contributed by atoms with Crippen molar-refractivity contribution >= 4 is 5.69 Å². The smallest absolute Gasteiger partial charge is 0.0585 e. The number of ether oxygens (including phenoxy) is 1. The van der Waals surface area contributed by atoms with Gasteiger partial charge in [-0.2, -0.15) is 0 Å². The van der Waals surface area contributed by atoms with E-state index in [9.17, 15) is 0 Å². The Labute approximate surface area is 78.7 Å². The quantitative estimate of drug-likeness (QED) is 0.701. The average Bonchev–Trinajstić information content (AvgIpc) is 2.03. The van der Waals surface area contributed by atoms with Crippen LogP contribution in [0.5, 0.6) is 0 Å². The van der Waals surface area contributed by atoms with E-state index in [0.717, 1.165) is 25.3 Å². The van der Waals surface area contributed by atoms with E-state index < -0.39 is 0 Å². The SMILES string of the molecule is CCC1(c2cccc(N)c2)COC1. The third-order valence-electron chi connectivity index (χ3n) is 2.93. The number of hydrogen-bond acceptors (Lipinski definition) is 2. The van der Waals surface area contributed by atoms with Crippen LogP contribution >= 0.6 is 0 Å². The molecule has 0 spiro atoms. The third-order valence-corrected chi connectivity index (χ3v) is 2.93. The van der Waals surface area contributed by atoms with Crippen LogP contribution in [-0.2, 0) is 10.2 Å². The Morgan fingerprint density at radius 3 is 2.69 bits per heavy atom. The maximum Gasteiger partial charge on any atom is 0.0585 e. The highest BCUT2D eigenvalue weighted by atomic mass is 16.5. The van der Waals surface area contributed by atoms with Crippen LogP contribution in [0.4, 0.5) is 5.69 Å². The molecule has 0 radical (unpaired) electrons. The molecule has 0 aliphatic carbocycles. The zero-order chi connectivity index (χ0) is 9.31. The maximum atomic E-state index is 5.75. The van der Waals surface area contributed by atoms with Gasteiger partial charge < -0.3 is 10.5 Å². The van der Waals surface area contributed by atoms with E-state index in [-0.39, 0.29) is 5.41 Å². The van der Waals surface area contributed by atoms with Crippen molar-refractivity contribution in [2.45, 2.75) is 18.8 Å². The minimum absolute atomic E-state index is 0.245. The first-order chi connectivity index (χ1) is 6.27. The predicted molar refractivity (Wildman–Crippen MR) is 53.6 cm³/mol. The molecule has 1 aliphatic heterocycles. The first kappa shape index (κ1) is 8.57. The van der Waals surface area contributed by atoms with Gasteiger partial charge in [0.1, 0.15) is 0 Å². The van der Waals surface area contributed by atoms with Gasteiger partial charge in [-0.1, -0.05) is 19.1 Å². The summed E-state index contributed by atoms with van der Waals surface area (Å²) in [5, 5.41) is 0. The molecule has 13 heavy (non-hydrogen) atoms. The molecule has 1 heterocycles. The van der Waals surface area contributed by atoms with Crippen molar-refractivity contribution in [2.75, 3.05) is 18.9 Å². The highest BCUT2D eigenvalue weighted by Crippen LogP contribution is 2.35. The average molecular weight is 177 g/mol. The van der Waals surface area contributed by atoms with Crippen LogP contribution in [0.2, 0.25) is 0 Å². The van der Waals surface area contributed by atoms with Gasteiger partial charge in [0, 0.05) is 11.1 Å². The van der Waals surface area contributed by atoms with Crippen LogP contribution < -0.4 is 5.73 Å². The van der Waals surface area contributed by atoms with Gasteiger partial charge in [-0.15, -0.1) is 0 Å². The van der Waals surface area contributed by atoms with Gasteiger partial charge in [0.25, 0.3) is 0 Å². The lowest BCUT2D eigenvalue weighted by Crippen LogP contribution is -2.46. The van der Waals surface area contributed by atoms with Crippen molar-refractivity contribution in [1.82, 2.24) is 0 Å². The van der Waals surface area contributed by atoms with Crippen LogP contribution in [0.1, 0.15) is 18.9 Å². The zero-order valence-corrected chi connectivity index (χ0v) is 7.92. The molecule has 0 amide bonds. The number of hydrogen-bond donors (Lipinski definition) is 1. The van der Waals surface area contributed by atoms with Crippen LogP contribution in [0.3, 0.4) is 0 Å². The van der Waals surface area contributed by atoms with E-state index in [4.69, 9.17) is 10.5 Å². The maximum absolute atomic E-state index is 5.75. The molecule has 2 nitrogen and oxygen atoms in total. The van der Waals surface area contributed by atoms with Gasteiger partial charge in [0.05, 0.1) is 13.2 Å². The van der Waals surface area contributed by atoms with E-state index in [1.54, 1.807) is 0 Å². The Morgan fingerprint density at radius 2 is 2.23 bits per heavy atom. The summed E-state index contributed by atoms with van der Waals surface area (Å²) in [4.78, 5) is 0. The lowest BCUT2D eigenvalue weighted by Gasteiger charge is -2.41. The zero-order valence-electron chi connectivity index (χ0n) is 7.92. The van der Waals surface area contributed by atoms with Crippen molar-refractivity contribution in [3.05, 3.63) is 29.8 Å². The Morgan fingerprint density at radius 1 is 1.46 bits per heavy atom. The van der Waals surface area contributed by atoms with Crippen molar-refractivity contribution in [1.29, 1.82) is 0 Å². The van der Waals surface area contributed by atoms with Crippen molar-refractivity contribution in [3.8, 4) is 0 Å². The van der Waals surface area contributed by atoms with E-state index >= 15 is 0 Å². The molecule has 0 saturated carbocycles.